The van der Waals surface area contributed by atoms with E-state index in [1.165, 1.54) is 12.8 Å². The van der Waals surface area contributed by atoms with E-state index in [0.29, 0.717) is 0 Å². The minimum atomic E-state index is 0.860. The zero-order valence-corrected chi connectivity index (χ0v) is 17.6. The second-order valence-corrected chi connectivity index (χ2v) is 6.66. The predicted octanol–water partition coefficient (Wildman–Crippen LogP) is 7.33. The fourth-order valence-corrected chi connectivity index (χ4v) is 2.40. The summed E-state index contributed by atoms with van der Waals surface area (Å²) in [6.45, 7) is 7.10. The maximum Gasteiger partial charge on any atom is 0.0232 e. The van der Waals surface area contributed by atoms with Crippen molar-refractivity contribution in [2.24, 2.45) is 0 Å². The molecule has 0 aliphatic rings. The van der Waals surface area contributed by atoms with Gasteiger partial charge in [-0.1, -0.05) is 74.3 Å². The maximum absolute atomic E-state index is 4.18. The van der Waals surface area contributed by atoms with E-state index >= 15 is 0 Å². The van der Waals surface area contributed by atoms with Crippen LogP contribution in [0.15, 0.2) is 73.0 Å². The van der Waals surface area contributed by atoms with Crippen LogP contribution in [0.5, 0.6) is 0 Å². The molecule has 1 N–H and O–H groups in total. The van der Waals surface area contributed by atoms with Gasteiger partial charge in [0.15, 0.2) is 0 Å². The van der Waals surface area contributed by atoms with E-state index in [1.807, 2.05) is 0 Å². The number of unbranched alkanes of at least 4 members (excludes halogenated alkanes) is 2. The SMILES string of the molecule is C=C(CCCC/C=C\C/C=C\C/C=C\C/C=C\C/C=C\CC)NCCS. The largest absolute Gasteiger partial charge is 0.388 e. The van der Waals surface area contributed by atoms with E-state index in [0.717, 1.165) is 62.9 Å². The van der Waals surface area contributed by atoms with Crippen LogP contribution in [0.25, 0.3) is 0 Å². The molecule has 0 aromatic heterocycles. The first-order valence-electron chi connectivity index (χ1n) is 10.1. The molecule has 2 heteroatoms. The molecule has 0 saturated heterocycles. The van der Waals surface area contributed by atoms with Gasteiger partial charge in [0, 0.05) is 18.0 Å². The van der Waals surface area contributed by atoms with Crippen molar-refractivity contribution >= 4 is 12.6 Å². The zero-order valence-electron chi connectivity index (χ0n) is 16.7. The summed E-state index contributed by atoms with van der Waals surface area (Å²) < 4.78 is 0. The number of rotatable bonds is 17. The molecule has 0 aromatic carbocycles. The highest BCUT2D eigenvalue weighted by Gasteiger charge is 1.92. The Bertz CT molecular complexity index is 455. The molecular weight excluding hydrogens is 334 g/mol. The molecule has 0 aromatic rings. The van der Waals surface area contributed by atoms with E-state index in [-0.39, 0.29) is 0 Å². The van der Waals surface area contributed by atoms with Crippen LogP contribution in [0.3, 0.4) is 0 Å². The maximum atomic E-state index is 4.18. The van der Waals surface area contributed by atoms with Crippen molar-refractivity contribution < 1.29 is 0 Å². The van der Waals surface area contributed by atoms with Crippen molar-refractivity contribution in [1.82, 2.24) is 5.32 Å². The Balaban J connectivity index is 3.46. The first kappa shape index (κ1) is 24.6. The molecule has 0 saturated carbocycles. The van der Waals surface area contributed by atoms with E-state index in [4.69, 9.17) is 0 Å². The van der Waals surface area contributed by atoms with Gasteiger partial charge < -0.3 is 5.32 Å². The Morgan fingerprint density at radius 3 is 1.77 bits per heavy atom. The van der Waals surface area contributed by atoms with E-state index in [1.54, 1.807) is 0 Å². The Kier molecular flexibility index (Phi) is 20.5. The van der Waals surface area contributed by atoms with Gasteiger partial charge in [0.2, 0.25) is 0 Å². The van der Waals surface area contributed by atoms with Gasteiger partial charge in [-0.15, -0.1) is 0 Å². The highest BCUT2D eigenvalue weighted by molar-refractivity contribution is 7.80. The Morgan fingerprint density at radius 1 is 0.769 bits per heavy atom. The molecule has 0 spiro atoms. The molecule has 0 rings (SSSR count). The summed E-state index contributed by atoms with van der Waals surface area (Å²) in [5, 5.41) is 3.28. The number of nitrogens with one attached hydrogen (secondary N) is 1. The third-order valence-electron chi connectivity index (χ3n) is 3.74. The third-order valence-corrected chi connectivity index (χ3v) is 3.97. The lowest BCUT2D eigenvalue weighted by Gasteiger charge is -2.06. The zero-order chi connectivity index (χ0) is 19.1. The summed E-state index contributed by atoms with van der Waals surface area (Å²) in [6.07, 6.45) is 32.3. The molecule has 0 aliphatic heterocycles. The van der Waals surface area contributed by atoms with Crippen LogP contribution in [0.1, 0.15) is 64.7 Å². The van der Waals surface area contributed by atoms with Crippen LogP contribution < -0.4 is 5.32 Å². The van der Waals surface area contributed by atoms with Crippen molar-refractivity contribution in [3.8, 4) is 0 Å². The smallest absolute Gasteiger partial charge is 0.0232 e. The summed E-state index contributed by atoms with van der Waals surface area (Å²) in [7, 11) is 0. The van der Waals surface area contributed by atoms with Crippen LogP contribution in [0.2, 0.25) is 0 Å². The summed E-state index contributed by atoms with van der Waals surface area (Å²) in [5.41, 5.74) is 1.14. The van der Waals surface area contributed by atoms with E-state index < -0.39 is 0 Å². The molecule has 146 valence electrons. The predicted molar refractivity (Wildman–Crippen MR) is 124 cm³/mol. The second-order valence-electron chi connectivity index (χ2n) is 6.21. The highest BCUT2D eigenvalue weighted by atomic mass is 32.1. The third kappa shape index (κ3) is 20.6. The van der Waals surface area contributed by atoms with Gasteiger partial charge in [0.25, 0.3) is 0 Å². The fourth-order valence-electron chi connectivity index (χ4n) is 2.29. The van der Waals surface area contributed by atoms with Crippen molar-refractivity contribution in [3.05, 3.63) is 73.0 Å². The molecule has 0 atom stereocenters. The van der Waals surface area contributed by atoms with Crippen molar-refractivity contribution in [2.75, 3.05) is 12.3 Å². The first-order valence-corrected chi connectivity index (χ1v) is 10.7. The number of thiol groups is 1. The highest BCUT2D eigenvalue weighted by Crippen LogP contribution is 2.06. The normalized spacial score (nSPS) is 12.5. The molecule has 0 radical (unpaired) electrons. The molecule has 0 unspecified atom stereocenters. The molecule has 0 bridgehead atoms. The van der Waals surface area contributed by atoms with Crippen molar-refractivity contribution in [3.63, 3.8) is 0 Å². The minimum Gasteiger partial charge on any atom is -0.388 e. The number of hydrogen-bond acceptors (Lipinski definition) is 2. The molecule has 0 amide bonds. The summed E-state index contributed by atoms with van der Waals surface area (Å²) in [5.74, 6) is 0.860. The average molecular weight is 374 g/mol. The molecule has 0 fully saturated rings. The molecule has 1 nitrogen and oxygen atoms in total. The van der Waals surface area contributed by atoms with Gasteiger partial charge in [-0.25, -0.2) is 0 Å². The fraction of sp³-hybridized carbons (Fsp3) is 0.500. The quantitative estimate of drug-likeness (QED) is 0.154. The van der Waals surface area contributed by atoms with Gasteiger partial charge in [0.1, 0.15) is 0 Å². The molecule has 26 heavy (non-hydrogen) atoms. The van der Waals surface area contributed by atoms with Crippen LogP contribution in [-0.4, -0.2) is 12.3 Å². The van der Waals surface area contributed by atoms with Gasteiger partial charge >= 0.3 is 0 Å². The van der Waals surface area contributed by atoms with Gasteiger partial charge in [-0.05, 0) is 57.8 Å². The molecule has 0 heterocycles. The summed E-state index contributed by atoms with van der Waals surface area (Å²) >= 11 is 4.18. The minimum absolute atomic E-state index is 0.860. The first-order chi connectivity index (χ1) is 12.8. The van der Waals surface area contributed by atoms with Crippen LogP contribution in [0.4, 0.5) is 0 Å². The summed E-state index contributed by atoms with van der Waals surface area (Å²) in [4.78, 5) is 0. The van der Waals surface area contributed by atoms with Gasteiger partial charge in [0.05, 0.1) is 0 Å². The van der Waals surface area contributed by atoms with Gasteiger partial charge in [-0.2, -0.15) is 12.6 Å². The lowest BCUT2D eigenvalue weighted by atomic mass is 10.1. The van der Waals surface area contributed by atoms with E-state index in [2.05, 4.69) is 92.2 Å². The molecule has 0 aliphatic carbocycles. The van der Waals surface area contributed by atoms with Crippen LogP contribution in [0, 0.1) is 0 Å². The Morgan fingerprint density at radius 2 is 1.27 bits per heavy atom. The van der Waals surface area contributed by atoms with Crippen LogP contribution >= 0.6 is 12.6 Å². The summed E-state index contributed by atoms with van der Waals surface area (Å²) in [6, 6.07) is 0. The Labute approximate surface area is 168 Å². The van der Waals surface area contributed by atoms with Crippen molar-refractivity contribution in [2.45, 2.75) is 64.7 Å². The van der Waals surface area contributed by atoms with Gasteiger partial charge in [-0.3, -0.25) is 0 Å². The topological polar surface area (TPSA) is 12.0 Å². The van der Waals surface area contributed by atoms with E-state index in [9.17, 15) is 0 Å². The lowest BCUT2D eigenvalue weighted by Crippen LogP contribution is -2.14. The number of hydrogen-bond donors (Lipinski definition) is 2. The number of allylic oxidation sites excluding steroid dienone is 11. The Hall–Kier alpha value is -1.41. The standard InChI is InChI=1S/C24H39NS/c1-3-4-5-6-7-8-9-10-11-12-13-14-15-16-17-18-19-20-21-24(2)25-22-23-26/h4-5,7-8,10-11,13-14,16-17,25-26H,2-3,6,9,12,15,18-23H2,1H3/b5-4-,8-7-,11-10-,14-13-,17-16-. The average Bonchev–Trinajstić information content (AvgIpc) is 2.65. The monoisotopic (exact) mass is 373 g/mol. The van der Waals surface area contributed by atoms with Crippen molar-refractivity contribution in [1.29, 1.82) is 0 Å². The lowest BCUT2D eigenvalue weighted by molar-refractivity contribution is 0.696. The molecular formula is C24H39NS. The van der Waals surface area contributed by atoms with Crippen LogP contribution in [-0.2, 0) is 0 Å². The second kappa shape index (κ2) is 21.6.